The van der Waals surface area contributed by atoms with Gasteiger partial charge in [0.1, 0.15) is 5.82 Å². The maximum absolute atomic E-state index is 13.1. The van der Waals surface area contributed by atoms with Gasteiger partial charge < -0.3 is 10.3 Å². The highest BCUT2D eigenvalue weighted by Gasteiger charge is 2.15. The highest BCUT2D eigenvalue weighted by molar-refractivity contribution is 9.10. The molecule has 0 radical (unpaired) electrons. The van der Waals surface area contributed by atoms with Crippen molar-refractivity contribution in [2.45, 2.75) is 0 Å². The summed E-state index contributed by atoms with van der Waals surface area (Å²) in [7, 11) is 0. The molecule has 1 aromatic carbocycles. The van der Waals surface area contributed by atoms with Gasteiger partial charge in [0.15, 0.2) is 0 Å². The molecule has 0 amide bonds. The van der Waals surface area contributed by atoms with Crippen LogP contribution in [0, 0.1) is 5.82 Å². The molecule has 3 aromatic rings. The minimum Gasteiger partial charge on any atom is -0.397 e. The summed E-state index contributed by atoms with van der Waals surface area (Å²) >= 11 is 3.27. The van der Waals surface area contributed by atoms with E-state index >= 15 is 0 Å². The molecule has 5 nitrogen and oxygen atoms in total. The normalized spacial score (nSPS) is 10.7. The van der Waals surface area contributed by atoms with Gasteiger partial charge in [-0.15, -0.1) is 0 Å². The Balaban J connectivity index is 2.04. The first-order valence-electron chi connectivity index (χ1n) is 5.64. The van der Waals surface area contributed by atoms with Crippen LogP contribution in [0.5, 0.6) is 0 Å². The van der Waals surface area contributed by atoms with E-state index in [2.05, 4.69) is 31.1 Å². The number of aromatic nitrogens is 3. The van der Waals surface area contributed by atoms with Crippen molar-refractivity contribution in [2.75, 3.05) is 5.73 Å². The molecular weight excluding hydrogens is 327 g/mol. The van der Waals surface area contributed by atoms with Gasteiger partial charge in [-0.05, 0) is 40.2 Å². The van der Waals surface area contributed by atoms with Crippen LogP contribution in [-0.4, -0.2) is 15.1 Å². The molecule has 0 saturated carbocycles. The number of nitrogen functional groups attached to an aromatic ring is 1. The van der Waals surface area contributed by atoms with Gasteiger partial charge in [-0.1, -0.05) is 5.16 Å². The lowest BCUT2D eigenvalue weighted by atomic mass is 10.2. The van der Waals surface area contributed by atoms with Crippen molar-refractivity contribution in [3.05, 3.63) is 46.9 Å². The quantitative estimate of drug-likeness (QED) is 0.778. The number of pyridine rings is 1. The summed E-state index contributed by atoms with van der Waals surface area (Å²) in [6.45, 7) is 0. The SMILES string of the molecule is Nc1cnccc1-c1nc(-c2ccc(F)cc2Br)no1. The molecule has 0 saturated heterocycles. The summed E-state index contributed by atoms with van der Waals surface area (Å²) in [5, 5.41) is 3.88. The zero-order chi connectivity index (χ0) is 14.1. The molecule has 0 aliphatic heterocycles. The van der Waals surface area contributed by atoms with Crippen LogP contribution < -0.4 is 5.73 Å². The average Bonchev–Trinajstić information content (AvgIpc) is 2.88. The van der Waals surface area contributed by atoms with Gasteiger partial charge in [-0.2, -0.15) is 4.98 Å². The van der Waals surface area contributed by atoms with Gasteiger partial charge >= 0.3 is 0 Å². The summed E-state index contributed by atoms with van der Waals surface area (Å²) < 4.78 is 18.8. The third-order valence-electron chi connectivity index (χ3n) is 2.68. The van der Waals surface area contributed by atoms with E-state index in [1.54, 1.807) is 18.3 Å². The topological polar surface area (TPSA) is 77.8 Å². The molecule has 3 rings (SSSR count). The van der Waals surface area contributed by atoms with E-state index in [0.717, 1.165) is 0 Å². The number of nitrogens with zero attached hydrogens (tertiary/aromatic N) is 3. The van der Waals surface area contributed by atoms with E-state index < -0.39 is 0 Å². The van der Waals surface area contributed by atoms with Crippen molar-refractivity contribution in [1.29, 1.82) is 0 Å². The van der Waals surface area contributed by atoms with E-state index in [4.69, 9.17) is 10.3 Å². The van der Waals surface area contributed by atoms with Gasteiger partial charge in [-0.25, -0.2) is 4.39 Å². The number of hydrogen-bond acceptors (Lipinski definition) is 5. The van der Waals surface area contributed by atoms with Crippen molar-refractivity contribution in [2.24, 2.45) is 0 Å². The molecule has 0 bridgehead atoms. The Kier molecular flexibility index (Phi) is 3.19. The Bertz CT molecular complexity index is 775. The number of anilines is 1. The number of hydrogen-bond donors (Lipinski definition) is 1. The van der Waals surface area contributed by atoms with Gasteiger partial charge in [0.25, 0.3) is 5.89 Å². The summed E-state index contributed by atoms with van der Waals surface area (Å²) in [4.78, 5) is 8.16. The standard InChI is InChI=1S/C13H8BrFN4O/c14-10-5-7(15)1-2-8(10)12-18-13(20-19-12)9-3-4-17-6-11(9)16/h1-6H,16H2. The number of nitrogens with two attached hydrogens (primary N) is 1. The molecule has 0 aliphatic rings. The molecule has 100 valence electrons. The Morgan fingerprint density at radius 1 is 1.20 bits per heavy atom. The zero-order valence-electron chi connectivity index (χ0n) is 10.0. The Morgan fingerprint density at radius 2 is 2.05 bits per heavy atom. The first-order chi connectivity index (χ1) is 9.65. The van der Waals surface area contributed by atoms with Crippen LogP contribution in [0.15, 0.2) is 45.7 Å². The second kappa shape index (κ2) is 5.01. The Hall–Kier alpha value is -2.28. The zero-order valence-corrected chi connectivity index (χ0v) is 11.6. The lowest BCUT2D eigenvalue weighted by Crippen LogP contribution is -1.91. The van der Waals surface area contributed by atoms with Crippen molar-refractivity contribution in [3.8, 4) is 22.8 Å². The van der Waals surface area contributed by atoms with Crippen LogP contribution in [0.4, 0.5) is 10.1 Å². The molecule has 20 heavy (non-hydrogen) atoms. The molecular formula is C13H8BrFN4O. The number of halogens is 2. The molecule has 0 spiro atoms. The van der Waals surface area contributed by atoms with Crippen LogP contribution in [-0.2, 0) is 0 Å². The first-order valence-corrected chi connectivity index (χ1v) is 6.43. The molecule has 0 aliphatic carbocycles. The van der Waals surface area contributed by atoms with Crippen molar-refractivity contribution in [3.63, 3.8) is 0 Å². The second-order valence-electron chi connectivity index (χ2n) is 4.01. The lowest BCUT2D eigenvalue weighted by Gasteiger charge is -1.99. The van der Waals surface area contributed by atoms with Crippen molar-refractivity contribution >= 4 is 21.6 Å². The molecule has 2 aromatic heterocycles. The third kappa shape index (κ3) is 2.27. The Labute approximate surface area is 121 Å². The van der Waals surface area contributed by atoms with E-state index in [9.17, 15) is 4.39 Å². The molecule has 0 fully saturated rings. The van der Waals surface area contributed by atoms with E-state index in [-0.39, 0.29) is 11.7 Å². The predicted octanol–water partition coefficient (Wildman–Crippen LogP) is 3.28. The van der Waals surface area contributed by atoms with E-state index in [1.807, 2.05) is 0 Å². The van der Waals surface area contributed by atoms with Crippen molar-refractivity contribution < 1.29 is 8.91 Å². The minimum absolute atomic E-state index is 0.288. The van der Waals surface area contributed by atoms with Crippen molar-refractivity contribution in [1.82, 2.24) is 15.1 Å². The summed E-state index contributed by atoms with van der Waals surface area (Å²) in [6.07, 6.45) is 3.09. The van der Waals surface area contributed by atoms with Crippen LogP contribution >= 0.6 is 15.9 Å². The molecule has 0 atom stereocenters. The minimum atomic E-state index is -0.345. The van der Waals surface area contributed by atoms with Crippen LogP contribution in [0.3, 0.4) is 0 Å². The van der Waals surface area contributed by atoms with Gasteiger partial charge in [0.2, 0.25) is 5.82 Å². The van der Waals surface area contributed by atoms with Gasteiger partial charge in [0, 0.05) is 16.2 Å². The number of rotatable bonds is 2. The van der Waals surface area contributed by atoms with Crippen LogP contribution in [0.25, 0.3) is 22.8 Å². The maximum atomic E-state index is 13.1. The fraction of sp³-hybridized carbons (Fsp3) is 0. The van der Waals surface area contributed by atoms with E-state index in [0.29, 0.717) is 27.1 Å². The molecule has 7 heteroatoms. The monoisotopic (exact) mass is 334 g/mol. The highest BCUT2D eigenvalue weighted by Crippen LogP contribution is 2.30. The fourth-order valence-electron chi connectivity index (χ4n) is 1.71. The highest BCUT2D eigenvalue weighted by atomic mass is 79.9. The largest absolute Gasteiger partial charge is 0.397 e. The summed E-state index contributed by atoms with van der Waals surface area (Å²) in [6, 6.07) is 5.93. The van der Waals surface area contributed by atoms with Crippen LogP contribution in [0.2, 0.25) is 0 Å². The smallest absolute Gasteiger partial charge is 0.260 e. The Morgan fingerprint density at radius 3 is 2.80 bits per heavy atom. The average molecular weight is 335 g/mol. The molecule has 0 unspecified atom stereocenters. The van der Waals surface area contributed by atoms with Gasteiger partial charge in [-0.3, -0.25) is 4.98 Å². The molecule has 2 heterocycles. The first kappa shape index (κ1) is 12.7. The second-order valence-corrected chi connectivity index (χ2v) is 4.86. The molecule has 2 N–H and O–H groups in total. The third-order valence-corrected chi connectivity index (χ3v) is 3.34. The van der Waals surface area contributed by atoms with E-state index in [1.165, 1.54) is 18.3 Å². The fourth-order valence-corrected chi connectivity index (χ4v) is 2.24. The maximum Gasteiger partial charge on any atom is 0.260 e. The van der Waals surface area contributed by atoms with Gasteiger partial charge in [0.05, 0.1) is 17.4 Å². The predicted molar refractivity (Wildman–Crippen MR) is 75.0 cm³/mol. The number of benzene rings is 1. The lowest BCUT2D eigenvalue weighted by molar-refractivity contribution is 0.432. The van der Waals surface area contributed by atoms with Crippen LogP contribution in [0.1, 0.15) is 0 Å². The summed E-state index contributed by atoms with van der Waals surface area (Å²) in [5.41, 5.74) is 7.49. The summed E-state index contributed by atoms with van der Waals surface area (Å²) in [5.74, 6) is 0.293.